The summed E-state index contributed by atoms with van der Waals surface area (Å²) in [7, 11) is -3.53. The fourth-order valence-corrected chi connectivity index (χ4v) is 4.89. The normalized spacial score (nSPS) is 21.7. The molecule has 108 valence electrons. The predicted octanol–water partition coefficient (Wildman–Crippen LogP) is 1.39. The largest absolute Gasteiger partial charge is 0.391 e. The second-order valence-electron chi connectivity index (χ2n) is 4.79. The highest BCUT2D eigenvalue weighted by molar-refractivity contribution is 7.91. The van der Waals surface area contributed by atoms with Crippen molar-refractivity contribution in [2.45, 2.75) is 49.7 Å². The number of aliphatic hydroxyl groups is 1. The molecular weight excluding hydrogens is 286 g/mol. The molecule has 2 rings (SSSR count). The van der Waals surface area contributed by atoms with Gasteiger partial charge in [0, 0.05) is 17.5 Å². The zero-order valence-electron chi connectivity index (χ0n) is 11.0. The van der Waals surface area contributed by atoms with Crippen LogP contribution in [0.5, 0.6) is 0 Å². The van der Waals surface area contributed by atoms with E-state index in [0.29, 0.717) is 11.5 Å². The third kappa shape index (κ3) is 3.35. The number of sulfonamides is 1. The molecule has 2 atom stereocenters. The van der Waals surface area contributed by atoms with E-state index in [9.17, 15) is 8.42 Å². The summed E-state index contributed by atoms with van der Waals surface area (Å²) in [6, 6.07) is 1.35. The highest BCUT2D eigenvalue weighted by Crippen LogP contribution is 2.26. The van der Waals surface area contributed by atoms with Crippen LogP contribution in [0.2, 0.25) is 0 Å². The van der Waals surface area contributed by atoms with Crippen LogP contribution in [0.1, 0.15) is 30.2 Å². The Kier molecular flexibility index (Phi) is 4.62. The Hall–Kier alpha value is -0.470. The summed E-state index contributed by atoms with van der Waals surface area (Å²) >= 11 is 1.11. The predicted molar refractivity (Wildman–Crippen MR) is 73.7 cm³/mol. The summed E-state index contributed by atoms with van der Waals surface area (Å²) in [6.45, 7) is 4.18. The van der Waals surface area contributed by atoms with Gasteiger partial charge in [0.2, 0.25) is 10.0 Å². The number of aryl methyl sites for hydroxylation is 1. The monoisotopic (exact) mass is 305 g/mol. The Morgan fingerprint density at radius 3 is 2.89 bits per heavy atom. The molecular formula is C12H19NO4S2. The van der Waals surface area contributed by atoms with Crippen molar-refractivity contribution >= 4 is 21.4 Å². The molecule has 1 saturated heterocycles. The van der Waals surface area contributed by atoms with Crippen LogP contribution in [-0.4, -0.2) is 32.3 Å². The van der Waals surface area contributed by atoms with E-state index < -0.39 is 10.0 Å². The van der Waals surface area contributed by atoms with Crippen molar-refractivity contribution in [2.24, 2.45) is 0 Å². The number of hydrogen-bond donors (Lipinski definition) is 2. The minimum atomic E-state index is -3.53. The van der Waals surface area contributed by atoms with E-state index in [-0.39, 0.29) is 23.0 Å². The van der Waals surface area contributed by atoms with Crippen LogP contribution in [0.3, 0.4) is 0 Å². The second kappa shape index (κ2) is 5.88. The van der Waals surface area contributed by atoms with Gasteiger partial charge in [0.05, 0.1) is 12.7 Å². The Labute approximate surface area is 117 Å². The average molecular weight is 305 g/mol. The molecule has 0 saturated carbocycles. The summed E-state index contributed by atoms with van der Waals surface area (Å²) in [5, 5.41) is 9.13. The number of thiophene rings is 1. The molecule has 19 heavy (non-hydrogen) atoms. The van der Waals surface area contributed by atoms with Gasteiger partial charge in [-0.05, 0) is 38.3 Å². The van der Waals surface area contributed by atoms with Crippen molar-refractivity contribution in [2.75, 3.05) is 6.61 Å². The molecule has 0 spiro atoms. The Bertz CT molecular complexity index is 532. The molecule has 0 aromatic carbocycles. The third-order valence-electron chi connectivity index (χ3n) is 3.27. The summed E-state index contributed by atoms with van der Waals surface area (Å²) in [6.07, 6.45) is 1.81. The number of rotatable bonds is 5. The first-order chi connectivity index (χ1) is 8.94. The van der Waals surface area contributed by atoms with Gasteiger partial charge < -0.3 is 9.84 Å². The number of nitrogens with one attached hydrogen (secondary N) is 1. The van der Waals surface area contributed by atoms with E-state index in [0.717, 1.165) is 29.7 Å². The standard InChI is InChI=1S/C12H19NO4S2/c1-8-6-12(18-11(8)7-14)19(15,16)13-9(2)10-4-3-5-17-10/h6,9-10,13-14H,3-5,7H2,1-2H3. The molecule has 1 fully saturated rings. The van der Waals surface area contributed by atoms with Gasteiger partial charge in [0.25, 0.3) is 0 Å². The highest BCUT2D eigenvalue weighted by atomic mass is 32.2. The minimum Gasteiger partial charge on any atom is -0.391 e. The SMILES string of the molecule is Cc1cc(S(=O)(=O)NC(C)C2CCCO2)sc1CO. The topological polar surface area (TPSA) is 75.6 Å². The van der Waals surface area contributed by atoms with Crippen LogP contribution >= 0.6 is 11.3 Å². The molecule has 0 bridgehead atoms. The molecule has 5 nitrogen and oxygen atoms in total. The van der Waals surface area contributed by atoms with Gasteiger partial charge >= 0.3 is 0 Å². The van der Waals surface area contributed by atoms with E-state index in [4.69, 9.17) is 9.84 Å². The van der Waals surface area contributed by atoms with Gasteiger partial charge in [0.15, 0.2) is 0 Å². The number of hydrogen-bond acceptors (Lipinski definition) is 5. The van der Waals surface area contributed by atoms with Crippen molar-refractivity contribution < 1.29 is 18.3 Å². The average Bonchev–Trinajstić information content (AvgIpc) is 2.96. The maximum Gasteiger partial charge on any atom is 0.250 e. The lowest BCUT2D eigenvalue weighted by atomic mass is 10.1. The lowest BCUT2D eigenvalue weighted by Gasteiger charge is -2.19. The lowest BCUT2D eigenvalue weighted by Crippen LogP contribution is -2.40. The Balaban J connectivity index is 2.12. The minimum absolute atomic E-state index is 0.0480. The van der Waals surface area contributed by atoms with Crippen LogP contribution in [0.25, 0.3) is 0 Å². The van der Waals surface area contributed by atoms with E-state index in [1.807, 2.05) is 6.92 Å². The summed E-state index contributed by atoms with van der Waals surface area (Å²) in [5.74, 6) is 0. The first-order valence-corrected chi connectivity index (χ1v) is 8.58. The van der Waals surface area contributed by atoms with Crippen molar-refractivity contribution in [1.82, 2.24) is 4.72 Å². The molecule has 0 aliphatic carbocycles. The molecule has 7 heteroatoms. The van der Waals surface area contributed by atoms with E-state index in [1.54, 1.807) is 13.0 Å². The molecule has 2 unspecified atom stereocenters. The molecule has 1 aliphatic heterocycles. The van der Waals surface area contributed by atoms with Crippen LogP contribution < -0.4 is 4.72 Å². The van der Waals surface area contributed by atoms with E-state index in [2.05, 4.69) is 4.72 Å². The summed E-state index contributed by atoms with van der Waals surface area (Å²) in [4.78, 5) is 0.685. The maximum atomic E-state index is 12.2. The summed E-state index contributed by atoms with van der Waals surface area (Å²) < 4.78 is 32.9. The number of aliphatic hydroxyl groups excluding tert-OH is 1. The second-order valence-corrected chi connectivity index (χ2v) is 7.87. The maximum absolute atomic E-state index is 12.2. The molecule has 2 heterocycles. The first-order valence-electron chi connectivity index (χ1n) is 6.28. The van der Waals surface area contributed by atoms with Gasteiger partial charge in [-0.3, -0.25) is 0 Å². The van der Waals surface area contributed by atoms with Gasteiger partial charge in [-0.25, -0.2) is 13.1 Å². The van der Waals surface area contributed by atoms with Crippen molar-refractivity contribution in [1.29, 1.82) is 0 Å². The van der Waals surface area contributed by atoms with E-state index in [1.165, 1.54) is 0 Å². The quantitative estimate of drug-likeness (QED) is 0.862. The van der Waals surface area contributed by atoms with Gasteiger partial charge in [0.1, 0.15) is 4.21 Å². The zero-order chi connectivity index (χ0) is 14.0. The van der Waals surface area contributed by atoms with Crippen molar-refractivity contribution in [3.05, 3.63) is 16.5 Å². The van der Waals surface area contributed by atoms with Gasteiger partial charge in [-0.2, -0.15) is 0 Å². The fourth-order valence-electron chi connectivity index (χ4n) is 2.15. The van der Waals surface area contributed by atoms with Gasteiger partial charge in [-0.1, -0.05) is 0 Å². The first kappa shape index (κ1) is 14.9. The summed E-state index contributed by atoms with van der Waals surface area (Å²) in [5.41, 5.74) is 0.803. The van der Waals surface area contributed by atoms with Crippen LogP contribution in [0.4, 0.5) is 0 Å². The molecule has 0 radical (unpaired) electrons. The molecule has 1 aliphatic rings. The van der Waals surface area contributed by atoms with Crippen molar-refractivity contribution in [3.8, 4) is 0 Å². The molecule has 0 amide bonds. The Morgan fingerprint density at radius 2 is 2.37 bits per heavy atom. The fraction of sp³-hybridized carbons (Fsp3) is 0.667. The van der Waals surface area contributed by atoms with Crippen LogP contribution in [0, 0.1) is 6.92 Å². The smallest absolute Gasteiger partial charge is 0.250 e. The number of ether oxygens (including phenoxy) is 1. The lowest BCUT2D eigenvalue weighted by molar-refractivity contribution is 0.0902. The highest BCUT2D eigenvalue weighted by Gasteiger charge is 2.28. The molecule has 1 aromatic heterocycles. The third-order valence-corrected chi connectivity index (χ3v) is 6.52. The van der Waals surface area contributed by atoms with Crippen LogP contribution in [0.15, 0.2) is 10.3 Å². The molecule has 1 aromatic rings. The van der Waals surface area contributed by atoms with E-state index >= 15 is 0 Å². The van der Waals surface area contributed by atoms with Crippen LogP contribution in [-0.2, 0) is 21.4 Å². The zero-order valence-corrected chi connectivity index (χ0v) is 12.7. The molecule has 2 N–H and O–H groups in total. The van der Waals surface area contributed by atoms with Gasteiger partial charge in [-0.15, -0.1) is 11.3 Å². The Morgan fingerprint density at radius 1 is 1.63 bits per heavy atom. The van der Waals surface area contributed by atoms with Crippen molar-refractivity contribution in [3.63, 3.8) is 0 Å².